The van der Waals surface area contributed by atoms with E-state index in [9.17, 15) is 31.2 Å². The number of anilines is 1. The fourth-order valence-corrected chi connectivity index (χ4v) is 6.84. The van der Waals surface area contributed by atoms with Gasteiger partial charge in [-0.15, -0.1) is 0 Å². The van der Waals surface area contributed by atoms with Crippen LogP contribution >= 0.6 is 11.6 Å². The van der Waals surface area contributed by atoms with Crippen molar-refractivity contribution in [3.05, 3.63) is 94.5 Å². The first-order valence-corrected chi connectivity index (χ1v) is 16.2. The molecular formula is C32H35ClF3N3O4S. The number of sulfonamides is 1. The predicted molar refractivity (Wildman–Crippen MR) is 164 cm³/mol. The molecule has 1 N–H and O–H groups in total. The highest BCUT2D eigenvalue weighted by Crippen LogP contribution is 2.38. The van der Waals surface area contributed by atoms with Gasteiger partial charge in [-0.2, -0.15) is 13.2 Å². The second-order valence-electron chi connectivity index (χ2n) is 11.0. The summed E-state index contributed by atoms with van der Waals surface area (Å²) < 4.78 is 69.9. The van der Waals surface area contributed by atoms with Crippen LogP contribution in [0.5, 0.6) is 0 Å². The van der Waals surface area contributed by atoms with Gasteiger partial charge in [-0.1, -0.05) is 72.5 Å². The third-order valence-corrected chi connectivity index (χ3v) is 9.90. The van der Waals surface area contributed by atoms with Gasteiger partial charge in [-0.3, -0.25) is 13.9 Å². The van der Waals surface area contributed by atoms with Crippen molar-refractivity contribution in [2.75, 3.05) is 17.4 Å². The summed E-state index contributed by atoms with van der Waals surface area (Å²) in [5.74, 6) is -1.12. The summed E-state index contributed by atoms with van der Waals surface area (Å²) in [5.41, 5.74) is 0.0390. The van der Waals surface area contributed by atoms with Crippen molar-refractivity contribution >= 4 is 39.1 Å². The van der Waals surface area contributed by atoms with Gasteiger partial charge < -0.3 is 10.2 Å². The molecule has 0 heterocycles. The Morgan fingerprint density at radius 2 is 1.64 bits per heavy atom. The van der Waals surface area contributed by atoms with E-state index in [0.717, 1.165) is 48.9 Å². The number of alkyl halides is 3. The van der Waals surface area contributed by atoms with Crippen molar-refractivity contribution in [1.82, 2.24) is 10.2 Å². The number of benzene rings is 3. The minimum absolute atomic E-state index is 0.00991. The molecule has 1 fully saturated rings. The van der Waals surface area contributed by atoms with Crippen molar-refractivity contribution in [2.45, 2.75) is 69.1 Å². The number of amides is 2. The molecule has 1 aliphatic carbocycles. The molecule has 0 radical (unpaired) electrons. The van der Waals surface area contributed by atoms with Gasteiger partial charge >= 0.3 is 6.18 Å². The van der Waals surface area contributed by atoms with Crippen LogP contribution in [0.1, 0.15) is 49.3 Å². The van der Waals surface area contributed by atoms with E-state index >= 15 is 0 Å². The summed E-state index contributed by atoms with van der Waals surface area (Å²) in [6.07, 6.45) is -0.859. The van der Waals surface area contributed by atoms with Gasteiger partial charge in [0.1, 0.15) is 12.6 Å². The first-order valence-electron chi connectivity index (χ1n) is 14.4. The van der Waals surface area contributed by atoms with Gasteiger partial charge in [-0.05, 0) is 69.0 Å². The van der Waals surface area contributed by atoms with Gasteiger partial charge in [0.05, 0.1) is 21.2 Å². The molecule has 3 aromatic rings. The number of hydrogen-bond donors (Lipinski definition) is 1. The van der Waals surface area contributed by atoms with E-state index in [0.29, 0.717) is 16.8 Å². The van der Waals surface area contributed by atoms with E-state index in [2.05, 4.69) is 5.32 Å². The molecule has 1 saturated carbocycles. The Morgan fingerprint density at radius 1 is 1.00 bits per heavy atom. The highest BCUT2D eigenvalue weighted by atomic mass is 35.5. The summed E-state index contributed by atoms with van der Waals surface area (Å²) in [7, 11) is -4.53. The third-order valence-electron chi connectivity index (χ3n) is 7.78. The van der Waals surface area contributed by atoms with Crippen LogP contribution in [0.3, 0.4) is 0 Å². The number of rotatable bonds is 11. The van der Waals surface area contributed by atoms with Crippen LogP contribution in [0.25, 0.3) is 0 Å². The Bertz CT molecular complexity index is 1560. The largest absolute Gasteiger partial charge is 0.417 e. The zero-order chi connectivity index (χ0) is 32.1. The number of hydrogen-bond acceptors (Lipinski definition) is 4. The maximum absolute atomic E-state index is 14.0. The molecule has 12 heteroatoms. The smallest absolute Gasteiger partial charge is 0.352 e. The highest BCUT2D eigenvalue weighted by Gasteiger charge is 2.37. The van der Waals surface area contributed by atoms with E-state index < -0.39 is 45.3 Å². The number of carbonyl (C=O) groups excluding carboxylic acids is 2. The Hall–Kier alpha value is -3.57. The van der Waals surface area contributed by atoms with E-state index in [1.165, 1.54) is 17.0 Å². The SMILES string of the molecule is Cc1ccc(S(=O)(=O)N(CC(=O)N(CCc2ccccc2)C(C)C(=O)NC2CCCC2)c2ccc(Cl)c(C(F)(F)F)c2)cc1. The van der Waals surface area contributed by atoms with Gasteiger partial charge in [0, 0.05) is 12.6 Å². The number of carbonyl (C=O) groups is 2. The molecule has 2 amide bonds. The topological polar surface area (TPSA) is 86.8 Å². The fraction of sp³-hybridized carbons (Fsp3) is 0.375. The molecule has 3 aromatic carbocycles. The average Bonchev–Trinajstić information content (AvgIpc) is 3.49. The average molecular weight is 650 g/mol. The zero-order valence-corrected chi connectivity index (χ0v) is 26.1. The lowest BCUT2D eigenvalue weighted by Crippen LogP contribution is -2.53. The molecule has 0 bridgehead atoms. The quantitative estimate of drug-likeness (QED) is 0.261. The van der Waals surface area contributed by atoms with Gasteiger partial charge in [-0.25, -0.2) is 8.42 Å². The molecule has 44 heavy (non-hydrogen) atoms. The Balaban J connectivity index is 1.72. The third kappa shape index (κ3) is 8.12. The lowest BCUT2D eigenvalue weighted by Gasteiger charge is -2.32. The minimum Gasteiger partial charge on any atom is -0.352 e. The van der Waals surface area contributed by atoms with Crippen LogP contribution < -0.4 is 9.62 Å². The molecular weight excluding hydrogens is 615 g/mol. The Morgan fingerprint density at radius 3 is 2.25 bits per heavy atom. The number of nitrogens with zero attached hydrogens (tertiary/aromatic N) is 2. The van der Waals surface area contributed by atoms with Crippen molar-refractivity contribution in [2.24, 2.45) is 0 Å². The maximum Gasteiger partial charge on any atom is 0.417 e. The molecule has 1 atom stereocenters. The summed E-state index contributed by atoms with van der Waals surface area (Å²) in [6, 6.07) is 16.7. The van der Waals surface area contributed by atoms with Gasteiger partial charge in [0.25, 0.3) is 10.0 Å². The molecule has 4 rings (SSSR count). The molecule has 0 aliphatic heterocycles. The first kappa shape index (κ1) is 33.3. The molecule has 0 spiro atoms. The van der Waals surface area contributed by atoms with E-state index in [1.54, 1.807) is 26.0 Å². The van der Waals surface area contributed by atoms with Gasteiger partial charge in [0.2, 0.25) is 11.8 Å². The molecule has 236 valence electrons. The Kier molecular flexibility index (Phi) is 10.6. The molecule has 1 aliphatic rings. The minimum atomic E-state index is -4.87. The van der Waals surface area contributed by atoms with Crippen LogP contribution in [-0.4, -0.2) is 50.3 Å². The normalized spacial score (nSPS) is 14.7. The van der Waals surface area contributed by atoms with E-state index in [1.807, 2.05) is 30.3 Å². The van der Waals surface area contributed by atoms with Crippen molar-refractivity contribution in [3.8, 4) is 0 Å². The molecule has 0 saturated heterocycles. The molecule has 7 nitrogen and oxygen atoms in total. The highest BCUT2D eigenvalue weighted by molar-refractivity contribution is 7.92. The Labute approximate surface area is 261 Å². The maximum atomic E-state index is 14.0. The standard InChI is InChI=1S/C32H35ClF3N3O4S/c1-22-12-15-27(16-13-22)44(42,43)39(26-14-17-29(33)28(20-26)32(34,35)36)21-30(40)38(19-18-24-8-4-3-5-9-24)23(2)31(41)37-25-10-6-7-11-25/h3-5,8-9,12-17,20,23,25H,6-7,10-11,18-19,21H2,1-2H3,(H,37,41). The second kappa shape index (κ2) is 14.0. The lowest BCUT2D eigenvalue weighted by atomic mass is 10.1. The molecule has 0 aromatic heterocycles. The number of nitrogens with one attached hydrogen (secondary N) is 1. The summed E-state index contributed by atoms with van der Waals surface area (Å²) >= 11 is 5.83. The summed E-state index contributed by atoms with van der Waals surface area (Å²) in [6.45, 7) is 2.56. The molecule has 1 unspecified atom stereocenters. The predicted octanol–water partition coefficient (Wildman–Crippen LogP) is 6.38. The van der Waals surface area contributed by atoms with Crippen LogP contribution in [0, 0.1) is 6.92 Å². The van der Waals surface area contributed by atoms with Crippen LogP contribution in [0.4, 0.5) is 18.9 Å². The van der Waals surface area contributed by atoms with Crippen LogP contribution in [0.15, 0.2) is 77.7 Å². The van der Waals surface area contributed by atoms with Crippen molar-refractivity contribution < 1.29 is 31.2 Å². The van der Waals surface area contributed by atoms with Crippen LogP contribution in [0.2, 0.25) is 5.02 Å². The lowest BCUT2D eigenvalue weighted by molar-refractivity contribution is -0.139. The van der Waals surface area contributed by atoms with E-state index in [4.69, 9.17) is 11.6 Å². The summed E-state index contributed by atoms with van der Waals surface area (Å²) in [5, 5.41) is 2.38. The monoisotopic (exact) mass is 649 g/mol. The zero-order valence-electron chi connectivity index (χ0n) is 24.5. The van der Waals surface area contributed by atoms with Crippen LogP contribution in [-0.2, 0) is 32.2 Å². The fourth-order valence-electron chi connectivity index (χ4n) is 5.21. The van der Waals surface area contributed by atoms with Crippen molar-refractivity contribution in [3.63, 3.8) is 0 Å². The van der Waals surface area contributed by atoms with E-state index in [-0.39, 0.29) is 29.1 Å². The first-order chi connectivity index (χ1) is 20.8. The number of halogens is 4. The van der Waals surface area contributed by atoms with Gasteiger partial charge in [0.15, 0.2) is 0 Å². The van der Waals surface area contributed by atoms with Crippen molar-refractivity contribution in [1.29, 1.82) is 0 Å². The summed E-state index contributed by atoms with van der Waals surface area (Å²) in [4.78, 5) is 28.4. The second-order valence-corrected chi connectivity index (χ2v) is 13.2. The number of aryl methyl sites for hydroxylation is 1.